The number of hydrogen-bond acceptors (Lipinski definition) is 4. The number of thioether (sulfide) groups is 1. The number of nitrogens with two attached hydrogens (primary N) is 1. The summed E-state index contributed by atoms with van der Waals surface area (Å²) in [7, 11) is 1.74. The van der Waals surface area contributed by atoms with Gasteiger partial charge in [-0.25, -0.2) is 0 Å². The van der Waals surface area contributed by atoms with Crippen LogP contribution in [0.25, 0.3) is 0 Å². The molecule has 0 aliphatic carbocycles. The van der Waals surface area contributed by atoms with Gasteiger partial charge in [-0.3, -0.25) is 0 Å². The van der Waals surface area contributed by atoms with E-state index < -0.39 is 0 Å². The number of methoxy groups -OCH3 is 1. The molecule has 0 fully saturated rings. The van der Waals surface area contributed by atoms with Crippen molar-refractivity contribution in [1.29, 1.82) is 0 Å². The topological polar surface area (TPSA) is 44.5 Å². The third-order valence-corrected chi connectivity index (χ3v) is 2.99. The van der Waals surface area contributed by atoms with Crippen LogP contribution >= 0.6 is 11.8 Å². The minimum Gasteiger partial charge on any atom is -0.385 e. The van der Waals surface area contributed by atoms with E-state index in [1.54, 1.807) is 7.11 Å². The Labute approximate surface area is 91.7 Å². The van der Waals surface area contributed by atoms with Gasteiger partial charge in [0.05, 0.1) is 6.10 Å². The fourth-order valence-corrected chi connectivity index (χ4v) is 2.08. The van der Waals surface area contributed by atoms with Gasteiger partial charge in [0, 0.05) is 26.9 Å². The lowest BCUT2D eigenvalue weighted by atomic mass is 10.3. The first-order valence-corrected chi connectivity index (χ1v) is 6.39. The average molecular weight is 221 g/mol. The molecule has 0 radical (unpaired) electrons. The summed E-state index contributed by atoms with van der Waals surface area (Å²) < 4.78 is 10.4. The Kier molecular flexibility index (Phi) is 11.5. The molecule has 1 unspecified atom stereocenters. The van der Waals surface area contributed by atoms with Gasteiger partial charge >= 0.3 is 0 Å². The van der Waals surface area contributed by atoms with Crippen LogP contribution in [0.3, 0.4) is 0 Å². The summed E-state index contributed by atoms with van der Waals surface area (Å²) in [6.07, 6.45) is 2.43. The first-order valence-electron chi connectivity index (χ1n) is 5.23. The molecule has 0 amide bonds. The van der Waals surface area contributed by atoms with E-state index in [-0.39, 0.29) is 6.10 Å². The molecule has 2 N–H and O–H groups in total. The van der Waals surface area contributed by atoms with Crippen molar-refractivity contribution >= 4 is 11.8 Å². The zero-order valence-corrected chi connectivity index (χ0v) is 10.1. The van der Waals surface area contributed by atoms with Gasteiger partial charge in [-0.1, -0.05) is 0 Å². The van der Waals surface area contributed by atoms with Crippen molar-refractivity contribution in [2.24, 2.45) is 5.73 Å². The van der Waals surface area contributed by atoms with Crippen LogP contribution in [-0.2, 0) is 9.47 Å². The maximum Gasteiger partial charge on any atom is 0.0705 e. The molecule has 0 bridgehead atoms. The van der Waals surface area contributed by atoms with E-state index in [0.717, 1.165) is 37.6 Å². The van der Waals surface area contributed by atoms with Crippen molar-refractivity contribution in [3.05, 3.63) is 0 Å². The summed E-state index contributed by atoms with van der Waals surface area (Å²) >= 11 is 1.95. The van der Waals surface area contributed by atoms with Crippen molar-refractivity contribution in [3.8, 4) is 0 Å². The molecule has 0 aliphatic heterocycles. The smallest absolute Gasteiger partial charge is 0.0705 e. The van der Waals surface area contributed by atoms with Crippen LogP contribution in [0.2, 0.25) is 0 Å². The number of hydrogen-bond donors (Lipinski definition) is 1. The van der Waals surface area contributed by atoms with E-state index in [1.807, 2.05) is 18.7 Å². The van der Waals surface area contributed by atoms with E-state index in [2.05, 4.69) is 0 Å². The lowest BCUT2D eigenvalue weighted by Gasteiger charge is -2.13. The number of rotatable bonds is 10. The van der Waals surface area contributed by atoms with Crippen LogP contribution in [0.1, 0.15) is 19.8 Å². The predicted molar refractivity (Wildman–Crippen MR) is 62.9 cm³/mol. The molecular weight excluding hydrogens is 198 g/mol. The van der Waals surface area contributed by atoms with Crippen LogP contribution < -0.4 is 5.73 Å². The SMILES string of the molecule is CCOC(CN)CCSCCCOC. The van der Waals surface area contributed by atoms with E-state index >= 15 is 0 Å². The summed E-state index contributed by atoms with van der Waals surface area (Å²) in [5.41, 5.74) is 5.57. The van der Waals surface area contributed by atoms with Gasteiger partial charge in [-0.15, -0.1) is 0 Å². The predicted octanol–water partition coefficient (Wildman–Crippen LogP) is 1.51. The molecule has 0 aliphatic rings. The summed E-state index contributed by atoms with van der Waals surface area (Å²) in [5, 5.41) is 0. The Hall–Kier alpha value is 0.230. The Morgan fingerprint density at radius 1 is 1.36 bits per heavy atom. The maximum absolute atomic E-state index is 5.57. The molecule has 0 aromatic heterocycles. The molecule has 4 heteroatoms. The molecule has 0 spiro atoms. The molecule has 0 heterocycles. The summed E-state index contributed by atoms with van der Waals surface area (Å²) in [4.78, 5) is 0. The second kappa shape index (κ2) is 11.3. The first kappa shape index (κ1) is 14.2. The molecule has 14 heavy (non-hydrogen) atoms. The summed E-state index contributed by atoms with van der Waals surface area (Å²) in [5.74, 6) is 2.29. The van der Waals surface area contributed by atoms with Crippen LogP contribution in [-0.4, -0.2) is 44.5 Å². The van der Waals surface area contributed by atoms with Gasteiger partial charge in [0.1, 0.15) is 0 Å². The monoisotopic (exact) mass is 221 g/mol. The second-order valence-corrected chi connectivity index (χ2v) is 4.29. The highest BCUT2D eigenvalue weighted by molar-refractivity contribution is 7.99. The minimum atomic E-state index is 0.245. The van der Waals surface area contributed by atoms with Gasteiger partial charge in [-0.05, 0) is 31.3 Å². The van der Waals surface area contributed by atoms with E-state index in [1.165, 1.54) is 0 Å². The Morgan fingerprint density at radius 3 is 2.71 bits per heavy atom. The van der Waals surface area contributed by atoms with Crippen LogP contribution in [0.15, 0.2) is 0 Å². The molecule has 0 aromatic carbocycles. The minimum absolute atomic E-state index is 0.245. The van der Waals surface area contributed by atoms with Gasteiger partial charge in [0.15, 0.2) is 0 Å². The molecule has 1 atom stereocenters. The Morgan fingerprint density at radius 2 is 2.14 bits per heavy atom. The van der Waals surface area contributed by atoms with Crippen LogP contribution in [0.5, 0.6) is 0 Å². The quantitative estimate of drug-likeness (QED) is 0.568. The van der Waals surface area contributed by atoms with E-state index in [0.29, 0.717) is 6.54 Å². The molecule has 86 valence electrons. The van der Waals surface area contributed by atoms with Crippen LogP contribution in [0.4, 0.5) is 0 Å². The fourth-order valence-electron chi connectivity index (χ4n) is 1.13. The first-order chi connectivity index (χ1) is 6.85. The Bertz CT molecular complexity index is 114. The summed E-state index contributed by atoms with van der Waals surface area (Å²) in [6.45, 7) is 4.26. The largest absolute Gasteiger partial charge is 0.385 e. The van der Waals surface area contributed by atoms with Gasteiger partial charge in [0.25, 0.3) is 0 Å². The van der Waals surface area contributed by atoms with Crippen molar-refractivity contribution < 1.29 is 9.47 Å². The third-order valence-electron chi connectivity index (χ3n) is 1.89. The van der Waals surface area contributed by atoms with Gasteiger partial charge in [0.2, 0.25) is 0 Å². The van der Waals surface area contributed by atoms with Crippen molar-refractivity contribution in [3.63, 3.8) is 0 Å². The van der Waals surface area contributed by atoms with Gasteiger partial charge < -0.3 is 15.2 Å². The molecule has 0 rings (SSSR count). The summed E-state index contributed by atoms with van der Waals surface area (Å²) in [6, 6.07) is 0. The van der Waals surface area contributed by atoms with Gasteiger partial charge in [-0.2, -0.15) is 11.8 Å². The molecule has 3 nitrogen and oxygen atoms in total. The standard InChI is InChI=1S/C10H23NO2S/c1-3-13-10(9-11)5-8-14-7-4-6-12-2/h10H,3-9,11H2,1-2H3. The van der Waals surface area contributed by atoms with Crippen LogP contribution in [0, 0.1) is 0 Å². The maximum atomic E-state index is 5.57. The average Bonchev–Trinajstić information content (AvgIpc) is 2.21. The highest BCUT2D eigenvalue weighted by Crippen LogP contribution is 2.08. The van der Waals surface area contributed by atoms with Crippen molar-refractivity contribution in [2.75, 3.05) is 38.4 Å². The highest BCUT2D eigenvalue weighted by Gasteiger charge is 2.04. The fraction of sp³-hybridized carbons (Fsp3) is 1.00. The zero-order chi connectivity index (χ0) is 10.6. The molecule has 0 saturated carbocycles. The molecule has 0 aromatic rings. The number of ether oxygens (including phenoxy) is 2. The molecular formula is C10H23NO2S. The normalized spacial score (nSPS) is 13.1. The highest BCUT2D eigenvalue weighted by atomic mass is 32.2. The second-order valence-electron chi connectivity index (χ2n) is 3.06. The lowest BCUT2D eigenvalue weighted by Crippen LogP contribution is -2.24. The zero-order valence-electron chi connectivity index (χ0n) is 9.33. The third kappa shape index (κ3) is 8.81. The van der Waals surface area contributed by atoms with E-state index in [9.17, 15) is 0 Å². The lowest BCUT2D eigenvalue weighted by molar-refractivity contribution is 0.0674. The van der Waals surface area contributed by atoms with E-state index in [4.69, 9.17) is 15.2 Å². The van der Waals surface area contributed by atoms with Crippen molar-refractivity contribution in [1.82, 2.24) is 0 Å². The Balaban J connectivity index is 3.15. The van der Waals surface area contributed by atoms with Crippen molar-refractivity contribution in [2.45, 2.75) is 25.9 Å². The molecule has 0 saturated heterocycles.